The highest BCUT2D eigenvalue weighted by molar-refractivity contribution is 7.89. The summed E-state index contributed by atoms with van der Waals surface area (Å²) < 4.78 is 22.7. The number of hydrogen-bond acceptors (Lipinski definition) is 3. The maximum atomic E-state index is 12.0. The Morgan fingerprint density at radius 1 is 1.32 bits per heavy atom. The molecule has 3 rings (SSSR count). The predicted octanol–water partition coefficient (Wildman–Crippen LogP) is 0.562. The van der Waals surface area contributed by atoms with Crippen molar-refractivity contribution >= 4 is 32.5 Å². The SMILES string of the molecule is NS(=O)(=O)C1CC(=O)N(c2cccc3[nH]ccc23)C1. The maximum absolute atomic E-state index is 12.0. The molecule has 7 heteroatoms. The van der Waals surface area contributed by atoms with Gasteiger partial charge in [0.25, 0.3) is 0 Å². The van der Waals surface area contributed by atoms with Crippen molar-refractivity contribution in [3.05, 3.63) is 30.5 Å². The Balaban J connectivity index is 2.04. The second-order valence-electron chi connectivity index (χ2n) is 4.64. The van der Waals surface area contributed by atoms with Crippen molar-refractivity contribution in [1.82, 2.24) is 4.98 Å². The predicted molar refractivity (Wildman–Crippen MR) is 72.2 cm³/mol. The Kier molecular flexibility index (Phi) is 2.61. The standard InChI is InChI=1S/C12H13N3O3S/c13-19(17,18)8-6-12(16)15(7-8)11-3-1-2-10-9(11)4-5-14-10/h1-5,8,14H,6-7H2,(H2,13,17,18). The van der Waals surface area contributed by atoms with Crippen LogP contribution in [0.1, 0.15) is 6.42 Å². The number of benzene rings is 1. The summed E-state index contributed by atoms with van der Waals surface area (Å²) in [6, 6.07) is 7.39. The minimum Gasteiger partial charge on any atom is -0.361 e. The van der Waals surface area contributed by atoms with E-state index in [-0.39, 0.29) is 18.9 Å². The van der Waals surface area contributed by atoms with Crippen LogP contribution < -0.4 is 10.0 Å². The smallest absolute Gasteiger partial charge is 0.228 e. The van der Waals surface area contributed by atoms with Crippen molar-refractivity contribution in [2.75, 3.05) is 11.4 Å². The van der Waals surface area contributed by atoms with E-state index in [9.17, 15) is 13.2 Å². The Bertz CT molecular complexity index is 750. The monoisotopic (exact) mass is 279 g/mol. The van der Waals surface area contributed by atoms with Crippen LogP contribution in [0.2, 0.25) is 0 Å². The van der Waals surface area contributed by atoms with E-state index < -0.39 is 15.3 Å². The van der Waals surface area contributed by atoms with Crippen molar-refractivity contribution in [2.24, 2.45) is 5.14 Å². The topological polar surface area (TPSA) is 96.3 Å². The molecule has 0 saturated carbocycles. The van der Waals surface area contributed by atoms with Crippen LogP contribution >= 0.6 is 0 Å². The molecule has 0 spiro atoms. The van der Waals surface area contributed by atoms with Gasteiger partial charge in [0.15, 0.2) is 0 Å². The lowest BCUT2D eigenvalue weighted by atomic mass is 10.2. The molecule has 1 aliphatic rings. The Hall–Kier alpha value is -1.86. The molecule has 1 amide bonds. The molecule has 1 aromatic heterocycles. The van der Waals surface area contributed by atoms with Crippen molar-refractivity contribution in [3.8, 4) is 0 Å². The molecule has 100 valence electrons. The molecule has 19 heavy (non-hydrogen) atoms. The van der Waals surface area contributed by atoms with Gasteiger partial charge in [-0.2, -0.15) is 0 Å². The first-order chi connectivity index (χ1) is 8.97. The van der Waals surface area contributed by atoms with Gasteiger partial charge in [-0.15, -0.1) is 0 Å². The van der Waals surface area contributed by atoms with Gasteiger partial charge in [0.1, 0.15) is 5.25 Å². The van der Waals surface area contributed by atoms with Crippen LogP contribution in [0.5, 0.6) is 0 Å². The van der Waals surface area contributed by atoms with Crippen molar-refractivity contribution in [1.29, 1.82) is 0 Å². The van der Waals surface area contributed by atoms with Crippen LogP contribution in [0.25, 0.3) is 10.9 Å². The van der Waals surface area contributed by atoms with Gasteiger partial charge >= 0.3 is 0 Å². The zero-order valence-corrected chi connectivity index (χ0v) is 10.9. The Morgan fingerprint density at radius 2 is 2.11 bits per heavy atom. The zero-order valence-electron chi connectivity index (χ0n) is 10.0. The Labute approximate surface area is 110 Å². The summed E-state index contributed by atoms with van der Waals surface area (Å²) in [7, 11) is -3.69. The number of aromatic amines is 1. The van der Waals surface area contributed by atoms with E-state index in [0.717, 1.165) is 16.6 Å². The van der Waals surface area contributed by atoms with Crippen LogP contribution in [0.4, 0.5) is 5.69 Å². The molecule has 0 radical (unpaired) electrons. The molecule has 0 bridgehead atoms. The first-order valence-electron chi connectivity index (χ1n) is 5.85. The van der Waals surface area contributed by atoms with E-state index in [0.29, 0.717) is 0 Å². The van der Waals surface area contributed by atoms with Crippen LogP contribution in [-0.4, -0.2) is 31.1 Å². The summed E-state index contributed by atoms with van der Waals surface area (Å²) in [5, 5.41) is 5.19. The van der Waals surface area contributed by atoms with Crippen molar-refractivity contribution in [2.45, 2.75) is 11.7 Å². The van der Waals surface area contributed by atoms with Crippen molar-refractivity contribution < 1.29 is 13.2 Å². The normalized spacial score (nSPS) is 20.4. The van der Waals surface area contributed by atoms with Crippen molar-refractivity contribution in [3.63, 3.8) is 0 Å². The number of amides is 1. The molecule has 1 aromatic carbocycles. The molecule has 2 heterocycles. The van der Waals surface area contributed by atoms with Crippen LogP contribution in [0.15, 0.2) is 30.5 Å². The number of primary sulfonamides is 1. The number of carbonyl (C=O) groups excluding carboxylic acids is 1. The summed E-state index contributed by atoms with van der Waals surface area (Å²) in [4.78, 5) is 16.5. The number of sulfonamides is 1. The zero-order chi connectivity index (χ0) is 13.6. The lowest BCUT2D eigenvalue weighted by Gasteiger charge is -2.17. The number of carbonyl (C=O) groups is 1. The third kappa shape index (κ3) is 2.00. The first kappa shape index (κ1) is 12.2. The second kappa shape index (κ2) is 4.07. The first-order valence-corrected chi connectivity index (χ1v) is 7.46. The minimum atomic E-state index is -3.69. The van der Waals surface area contributed by atoms with Gasteiger partial charge in [-0.1, -0.05) is 6.07 Å². The number of aromatic nitrogens is 1. The molecule has 1 atom stereocenters. The van der Waals surface area contributed by atoms with E-state index in [1.807, 2.05) is 18.2 Å². The number of nitrogens with zero attached hydrogens (tertiary/aromatic N) is 1. The average molecular weight is 279 g/mol. The van der Waals surface area contributed by atoms with Crippen LogP contribution in [0, 0.1) is 0 Å². The summed E-state index contributed by atoms with van der Waals surface area (Å²) in [6.45, 7) is 0.113. The minimum absolute atomic E-state index is 0.0559. The molecular formula is C12H13N3O3S. The maximum Gasteiger partial charge on any atom is 0.228 e. The van der Waals surface area contributed by atoms with Gasteiger partial charge in [0, 0.05) is 30.1 Å². The average Bonchev–Trinajstić information content (AvgIpc) is 2.93. The number of anilines is 1. The van der Waals surface area contributed by atoms with Gasteiger partial charge in [0.2, 0.25) is 15.9 Å². The molecule has 6 nitrogen and oxygen atoms in total. The summed E-state index contributed by atoms with van der Waals surface area (Å²) in [6.07, 6.45) is 1.73. The van der Waals surface area contributed by atoms with Gasteiger partial charge in [-0.25, -0.2) is 13.6 Å². The highest BCUT2D eigenvalue weighted by atomic mass is 32.2. The lowest BCUT2D eigenvalue weighted by Crippen LogP contribution is -2.32. The summed E-state index contributed by atoms with van der Waals surface area (Å²) in [5.41, 5.74) is 1.62. The molecule has 1 aliphatic heterocycles. The second-order valence-corrected chi connectivity index (χ2v) is 6.48. The third-order valence-corrected chi connectivity index (χ3v) is 4.66. The fourth-order valence-electron chi connectivity index (χ4n) is 2.43. The molecule has 3 N–H and O–H groups in total. The van der Waals surface area contributed by atoms with E-state index in [1.54, 1.807) is 12.3 Å². The highest BCUT2D eigenvalue weighted by Crippen LogP contribution is 2.30. The van der Waals surface area contributed by atoms with E-state index >= 15 is 0 Å². The number of nitrogens with one attached hydrogen (secondary N) is 1. The summed E-state index contributed by atoms with van der Waals surface area (Å²) in [5.74, 6) is -0.215. The number of fused-ring (bicyclic) bond motifs is 1. The van der Waals surface area contributed by atoms with Crippen LogP contribution in [0.3, 0.4) is 0 Å². The third-order valence-electron chi connectivity index (χ3n) is 3.42. The van der Waals surface area contributed by atoms with E-state index in [4.69, 9.17) is 5.14 Å². The fraction of sp³-hybridized carbons (Fsp3) is 0.250. The number of hydrogen-bond donors (Lipinski definition) is 2. The molecule has 0 aliphatic carbocycles. The Morgan fingerprint density at radius 3 is 2.79 bits per heavy atom. The lowest BCUT2D eigenvalue weighted by molar-refractivity contribution is -0.117. The van der Waals surface area contributed by atoms with Crippen LogP contribution in [-0.2, 0) is 14.8 Å². The van der Waals surface area contributed by atoms with Gasteiger partial charge < -0.3 is 9.88 Å². The quantitative estimate of drug-likeness (QED) is 0.840. The van der Waals surface area contributed by atoms with Gasteiger partial charge in [0.05, 0.1) is 5.69 Å². The molecule has 2 aromatic rings. The molecule has 1 saturated heterocycles. The van der Waals surface area contributed by atoms with Gasteiger partial charge in [-0.3, -0.25) is 4.79 Å². The summed E-state index contributed by atoms with van der Waals surface area (Å²) >= 11 is 0. The number of H-pyrrole nitrogens is 1. The molecule has 1 fully saturated rings. The highest BCUT2D eigenvalue weighted by Gasteiger charge is 2.37. The van der Waals surface area contributed by atoms with E-state index in [2.05, 4.69) is 4.98 Å². The van der Waals surface area contributed by atoms with E-state index in [1.165, 1.54) is 4.90 Å². The number of nitrogens with two attached hydrogens (primary N) is 1. The fourth-order valence-corrected chi connectivity index (χ4v) is 3.16. The van der Waals surface area contributed by atoms with Gasteiger partial charge in [-0.05, 0) is 18.2 Å². The molecule has 1 unspecified atom stereocenters. The number of rotatable bonds is 2. The molecular weight excluding hydrogens is 266 g/mol. The largest absolute Gasteiger partial charge is 0.361 e.